The second kappa shape index (κ2) is 5.66. The van der Waals surface area contributed by atoms with Crippen molar-refractivity contribution in [3.8, 4) is 0 Å². The van der Waals surface area contributed by atoms with Gasteiger partial charge in [-0.15, -0.1) is 0 Å². The molecular formula is C12H9Cl2N3. The third-order valence-corrected chi connectivity index (χ3v) is 2.39. The van der Waals surface area contributed by atoms with E-state index in [1.165, 1.54) is 0 Å². The molecule has 0 saturated heterocycles. The van der Waals surface area contributed by atoms with Crippen LogP contribution in [-0.2, 0) is 0 Å². The van der Waals surface area contributed by atoms with Crippen LogP contribution in [0.5, 0.6) is 0 Å². The SMILES string of the molecule is Clc1cc(Cl)cc(N/N=C/c2cccnc2)c1. The molecule has 0 bridgehead atoms. The summed E-state index contributed by atoms with van der Waals surface area (Å²) in [5.41, 5.74) is 4.50. The van der Waals surface area contributed by atoms with Crippen molar-refractivity contribution in [1.82, 2.24) is 4.98 Å². The Balaban J connectivity index is 2.05. The van der Waals surface area contributed by atoms with E-state index in [1.807, 2.05) is 12.1 Å². The van der Waals surface area contributed by atoms with E-state index in [0.29, 0.717) is 10.0 Å². The van der Waals surface area contributed by atoms with Crippen LogP contribution in [0.2, 0.25) is 10.0 Å². The first kappa shape index (κ1) is 11.9. The van der Waals surface area contributed by atoms with E-state index < -0.39 is 0 Å². The molecule has 2 aromatic rings. The second-order valence-electron chi connectivity index (χ2n) is 3.31. The van der Waals surface area contributed by atoms with Gasteiger partial charge in [0, 0.05) is 28.0 Å². The number of hydrogen-bond acceptors (Lipinski definition) is 3. The van der Waals surface area contributed by atoms with Gasteiger partial charge in [0.2, 0.25) is 0 Å². The maximum atomic E-state index is 5.86. The van der Waals surface area contributed by atoms with Crippen LogP contribution in [-0.4, -0.2) is 11.2 Å². The van der Waals surface area contributed by atoms with Crippen LogP contribution < -0.4 is 5.43 Å². The number of benzene rings is 1. The molecule has 2 rings (SSSR count). The number of nitrogens with one attached hydrogen (secondary N) is 1. The fourth-order valence-corrected chi connectivity index (χ4v) is 1.78. The Bertz CT molecular complexity index is 506. The van der Waals surface area contributed by atoms with E-state index in [-0.39, 0.29) is 0 Å². The van der Waals surface area contributed by atoms with Gasteiger partial charge in [0.15, 0.2) is 0 Å². The van der Waals surface area contributed by atoms with Gasteiger partial charge in [-0.25, -0.2) is 0 Å². The number of hydrogen-bond donors (Lipinski definition) is 1. The zero-order valence-electron chi connectivity index (χ0n) is 8.77. The van der Waals surface area contributed by atoms with Gasteiger partial charge in [0.25, 0.3) is 0 Å². The molecule has 0 unspecified atom stereocenters. The van der Waals surface area contributed by atoms with Gasteiger partial charge in [-0.05, 0) is 24.3 Å². The van der Waals surface area contributed by atoms with Gasteiger partial charge < -0.3 is 0 Å². The molecule has 1 N–H and O–H groups in total. The maximum Gasteiger partial charge on any atom is 0.0591 e. The van der Waals surface area contributed by atoms with Crippen molar-refractivity contribution in [3.05, 3.63) is 58.3 Å². The first-order chi connectivity index (χ1) is 8.24. The highest BCUT2D eigenvalue weighted by Gasteiger charge is 1.96. The van der Waals surface area contributed by atoms with Crippen LogP contribution in [0, 0.1) is 0 Å². The summed E-state index contributed by atoms with van der Waals surface area (Å²) in [6.07, 6.45) is 5.10. The van der Waals surface area contributed by atoms with Gasteiger partial charge >= 0.3 is 0 Å². The van der Waals surface area contributed by atoms with Gasteiger partial charge in [-0.1, -0.05) is 29.3 Å². The van der Waals surface area contributed by atoms with Crippen LogP contribution in [0.25, 0.3) is 0 Å². The summed E-state index contributed by atoms with van der Waals surface area (Å²) in [6, 6.07) is 8.90. The van der Waals surface area contributed by atoms with Crippen molar-refractivity contribution in [2.75, 3.05) is 5.43 Å². The van der Waals surface area contributed by atoms with Gasteiger partial charge in [0.1, 0.15) is 0 Å². The standard InChI is InChI=1S/C12H9Cl2N3/c13-10-4-11(14)6-12(5-10)17-16-8-9-2-1-3-15-7-9/h1-8,17H/b16-8+. The van der Waals surface area contributed by atoms with Crippen molar-refractivity contribution in [2.45, 2.75) is 0 Å². The van der Waals surface area contributed by atoms with Crippen molar-refractivity contribution in [3.63, 3.8) is 0 Å². The predicted octanol–water partition coefficient (Wildman–Crippen LogP) is 3.83. The quantitative estimate of drug-likeness (QED) is 0.677. The lowest BCUT2D eigenvalue weighted by molar-refractivity contribution is 1.30. The molecule has 0 aliphatic heterocycles. The number of nitrogens with zero attached hydrogens (tertiary/aromatic N) is 2. The number of pyridine rings is 1. The summed E-state index contributed by atoms with van der Waals surface area (Å²) in [4.78, 5) is 3.98. The summed E-state index contributed by atoms with van der Waals surface area (Å²) in [5, 5.41) is 5.19. The summed E-state index contributed by atoms with van der Waals surface area (Å²) in [5.74, 6) is 0. The maximum absolute atomic E-state index is 5.86. The van der Waals surface area contributed by atoms with Gasteiger partial charge in [-0.3, -0.25) is 10.4 Å². The molecule has 86 valence electrons. The molecule has 17 heavy (non-hydrogen) atoms. The van der Waals surface area contributed by atoms with E-state index >= 15 is 0 Å². The fraction of sp³-hybridized carbons (Fsp3) is 0. The Morgan fingerprint density at radius 2 is 1.94 bits per heavy atom. The second-order valence-corrected chi connectivity index (χ2v) is 4.19. The number of halogens is 2. The molecule has 5 heteroatoms. The number of hydrazone groups is 1. The molecule has 0 spiro atoms. The highest BCUT2D eigenvalue weighted by atomic mass is 35.5. The zero-order valence-corrected chi connectivity index (χ0v) is 10.3. The Morgan fingerprint density at radius 1 is 1.18 bits per heavy atom. The normalized spacial score (nSPS) is 10.7. The average molecular weight is 266 g/mol. The molecule has 0 saturated carbocycles. The van der Waals surface area contributed by atoms with E-state index in [1.54, 1.807) is 36.8 Å². The Hall–Kier alpha value is -1.58. The van der Waals surface area contributed by atoms with Crippen molar-refractivity contribution in [1.29, 1.82) is 0 Å². The van der Waals surface area contributed by atoms with Crippen LogP contribution in [0.15, 0.2) is 47.8 Å². The summed E-state index contributed by atoms with van der Waals surface area (Å²) in [6.45, 7) is 0. The average Bonchev–Trinajstić information content (AvgIpc) is 2.29. The molecule has 1 aromatic carbocycles. The van der Waals surface area contributed by atoms with E-state index in [9.17, 15) is 0 Å². The van der Waals surface area contributed by atoms with Crippen LogP contribution in [0.1, 0.15) is 5.56 Å². The first-order valence-corrected chi connectivity index (χ1v) is 5.65. The van der Waals surface area contributed by atoms with Crippen molar-refractivity contribution < 1.29 is 0 Å². The van der Waals surface area contributed by atoms with Crippen LogP contribution >= 0.6 is 23.2 Å². The summed E-state index contributed by atoms with van der Waals surface area (Å²) < 4.78 is 0. The third kappa shape index (κ3) is 3.73. The minimum atomic E-state index is 0.566. The van der Waals surface area contributed by atoms with E-state index in [4.69, 9.17) is 23.2 Å². The number of anilines is 1. The molecule has 0 fully saturated rings. The zero-order chi connectivity index (χ0) is 12.1. The topological polar surface area (TPSA) is 37.3 Å². The molecule has 0 aliphatic rings. The lowest BCUT2D eigenvalue weighted by Crippen LogP contribution is -1.90. The van der Waals surface area contributed by atoms with Crippen LogP contribution in [0.3, 0.4) is 0 Å². The summed E-state index contributed by atoms with van der Waals surface area (Å²) in [7, 11) is 0. The van der Waals surface area contributed by atoms with Crippen LogP contribution in [0.4, 0.5) is 5.69 Å². The van der Waals surface area contributed by atoms with Gasteiger partial charge in [-0.2, -0.15) is 5.10 Å². The lowest BCUT2D eigenvalue weighted by atomic mass is 10.3. The Kier molecular flexibility index (Phi) is 3.96. The number of rotatable bonds is 3. The minimum absolute atomic E-state index is 0.566. The molecule has 1 heterocycles. The predicted molar refractivity (Wildman–Crippen MR) is 71.9 cm³/mol. The lowest BCUT2D eigenvalue weighted by Gasteiger charge is -2.01. The van der Waals surface area contributed by atoms with E-state index in [0.717, 1.165) is 11.3 Å². The first-order valence-electron chi connectivity index (χ1n) is 4.89. The Morgan fingerprint density at radius 3 is 2.59 bits per heavy atom. The van der Waals surface area contributed by atoms with Crippen molar-refractivity contribution in [2.24, 2.45) is 5.10 Å². The molecule has 0 atom stereocenters. The third-order valence-electron chi connectivity index (χ3n) is 1.95. The van der Waals surface area contributed by atoms with E-state index in [2.05, 4.69) is 15.5 Å². The largest absolute Gasteiger partial charge is 0.278 e. The molecule has 0 aliphatic carbocycles. The summed E-state index contributed by atoms with van der Waals surface area (Å²) >= 11 is 11.7. The minimum Gasteiger partial charge on any atom is -0.278 e. The molecular weight excluding hydrogens is 257 g/mol. The molecule has 0 radical (unpaired) electrons. The van der Waals surface area contributed by atoms with Gasteiger partial charge in [0.05, 0.1) is 11.9 Å². The highest BCUT2D eigenvalue weighted by molar-refractivity contribution is 6.35. The monoisotopic (exact) mass is 265 g/mol. The molecule has 1 aromatic heterocycles. The van der Waals surface area contributed by atoms with Crippen molar-refractivity contribution >= 4 is 35.1 Å². The highest BCUT2D eigenvalue weighted by Crippen LogP contribution is 2.22. The number of aromatic nitrogens is 1. The smallest absolute Gasteiger partial charge is 0.0591 e. The molecule has 0 amide bonds. The Labute approximate surface area is 109 Å². The fourth-order valence-electron chi connectivity index (χ4n) is 1.25. The molecule has 3 nitrogen and oxygen atoms in total.